The molecule has 0 aromatic heterocycles. The van der Waals surface area contributed by atoms with Gasteiger partial charge in [0.1, 0.15) is 0 Å². The number of allylic oxidation sites excluding steroid dienone is 1. The van der Waals surface area contributed by atoms with Crippen LogP contribution in [-0.2, 0) is 14.4 Å². The highest BCUT2D eigenvalue weighted by Crippen LogP contribution is 2.66. The molecule has 1 saturated heterocycles. The first-order valence-electron chi connectivity index (χ1n) is 14.8. The number of fused-ring (bicyclic) bond motifs is 5. The number of carbonyl (C=O) groups is 3. The highest BCUT2D eigenvalue weighted by molar-refractivity contribution is 5.92. The van der Waals surface area contributed by atoms with Crippen molar-refractivity contribution < 1.29 is 24.3 Å². The normalized spacial score (nSPS) is 41.2. The molecule has 210 valence electrons. The molecule has 1 amide bonds. The Labute approximate surface area is 227 Å². The number of amides is 1. The first-order valence-corrected chi connectivity index (χ1v) is 14.8. The molecule has 1 heterocycles. The van der Waals surface area contributed by atoms with Crippen molar-refractivity contribution in [2.24, 2.45) is 45.1 Å². The Morgan fingerprint density at radius 1 is 1.05 bits per heavy atom. The van der Waals surface area contributed by atoms with Crippen LogP contribution < -0.4 is 0 Å². The molecule has 1 N–H and O–H groups in total. The van der Waals surface area contributed by atoms with Crippen molar-refractivity contribution in [3.8, 4) is 0 Å². The molecule has 4 aliphatic carbocycles. The molecule has 1 unspecified atom stereocenters. The van der Waals surface area contributed by atoms with Gasteiger partial charge in [0, 0.05) is 18.9 Å². The summed E-state index contributed by atoms with van der Waals surface area (Å²) in [6, 6.07) is 0. The Hall–Kier alpha value is -2.18. The molecule has 7 atom stereocenters. The van der Waals surface area contributed by atoms with Crippen LogP contribution in [0.5, 0.6) is 0 Å². The Morgan fingerprint density at radius 2 is 1.79 bits per heavy atom. The van der Waals surface area contributed by atoms with Crippen LogP contribution in [0.1, 0.15) is 106 Å². The van der Waals surface area contributed by atoms with Crippen molar-refractivity contribution in [2.75, 3.05) is 6.54 Å². The van der Waals surface area contributed by atoms with Crippen LogP contribution in [-0.4, -0.2) is 45.6 Å². The summed E-state index contributed by atoms with van der Waals surface area (Å²) >= 11 is 0. The highest BCUT2D eigenvalue weighted by atomic mass is 16.7. The number of carbonyl (C=O) groups excluding carboxylic acids is 2. The Kier molecular flexibility index (Phi) is 6.63. The summed E-state index contributed by atoms with van der Waals surface area (Å²) in [5.74, 6) is 1.91. The minimum absolute atomic E-state index is 0.116. The van der Waals surface area contributed by atoms with Crippen molar-refractivity contribution in [3.63, 3.8) is 0 Å². The number of carboxylic acid groups (broad SMARTS) is 1. The zero-order valence-corrected chi connectivity index (χ0v) is 24.1. The predicted molar refractivity (Wildman–Crippen MR) is 146 cm³/mol. The van der Waals surface area contributed by atoms with Crippen LogP contribution in [0.2, 0.25) is 0 Å². The third-order valence-corrected chi connectivity index (χ3v) is 11.9. The van der Waals surface area contributed by atoms with Crippen molar-refractivity contribution >= 4 is 23.6 Å². The minimum atomic E-state index is -1.23. The monoisotopic (exact) mass is 526 g/mol. The second kappa shape index (κ2) is 9.19. The van der Waals surface area contributed by atoms with E-state index in [0.717, 1.165) is 44.2 Å². The van der Waals surface area contributed by atoms with E-state index in [2.05, 4.69) is 19.0 Å². The van der Waals surface area contributed by atoms with Gasteiger partial charge in [0.05, 0.1) is 5.71 Å². The molecule has 7 nitrogen and oxygen atoms in total. The van der Waals surface area contributed by atoms with E-state index < -0.39 is 23.0 Å². The van der Waals surface area contributed by atoms with E-state index in [0.29, 0.717) is 49.3 Å². The maximum absolute atomic E-state index is 13.5. The topological polar surface area (TPSA) is 96.3 Å². The highest BCUT2D eigenvalue weighted by Gasteiger charge is 2.61. The molecular weight excluding hydrogens is 480 g/mol. The summed E-state index contributed by atoms with van der Waals surface area (Å²) in [7, 11) is 0. The van der Waals surface area contributed by atoms with Crippen LogP contribution in [0.3, 0.4) is 0 Å². The molecule has 5 aliphatic rings. The number of oxime groups is 1. The third kappa shape index (κ3) is 3.89. The lowest BCUT2D eigenvalue weighted by Gasteiger charge is -2.58. The van der Waals surface area contributed by atoms with Gasteiger partial charge in [-0.15, -0.1) is 0 Å². The van der Waals surface area contributed by atoms with E-state index in [1.54, 1.807) is 0 Å². The average Bonchev–Trinajstić information content (AvgIpc) is 3.45. The van der Waals surface area contributed by atoms with Crippen molar-refractivity contribution in [1.82, 2.24) is 4.90 Å². The lowest BCUT2D eigenvalue weighted by molar-refractivity contribution is -0.163. The number of ketones is 1. The largest absolute Gasteiger partial charge is 0.465 e. The van der Waals surface area contributed by atoms with E-state index in [1.165, 1.54) is 16.9 Å². The third-order valence-electron chi connectivity index (χ3n) is 11.9. The van der Waals surface area contributed by atoms with E-state index in [4.69, 9.17) is 4.84 Å². The maximum Gasteiger partial charge on any atom is 0.408 e. The number of likely N-dealkylation sites (tertiary alicyclic amines) is 1. The summed E-state index contributed by atoms with van der Waals surface area (Å²) in [6.45, 7) is 12.9. The van der Waals surface area contributed by atoms with Gasteiger partial charge in [-0.25, -0.2) is 9.59 Å². The molecule has 1 aliphatic heterocycles. The van der Waals surface area contributed by atoms with Gasteiger partial charge in [0.25, 0.3) is 0 Å². The Bertz CT molecular complexity index is 1090. The molecular formula is C31H46N2O5. The zero-order valence-electron chi connectivity index (χ0n) is 24.1. The van der Waals surface area contributed by atoms with Crippen molar-refractivity contribution in [2.45, 2.75) is 111 Å². The smallest absolute Gasteiger partial charge is 0.408 e. The summed E-state index contributed by atoms with van der Waals surface area (Å²) in [5.41, 5.74) is 0.690. The fourth-order valence-electron chi connectivity index (χ4n) is 9.87. The first-order chi connectivity index (χ1) is 17.8. The summed E-state index contributed by atoms with van der Waals surface area (Å²) in [4.78, 5) is 44.6. The van der Waals surface area contributed by atoms with Gasteiger partial charge in [0.15, 0.2) is 11.3 Å². The molecule has 0 aromatic carbocycles. The van der Waals surface area contributed by atoms with Crippen LogP contribution in [0.25, 0.3) is 0 Å². The minimum Gasteiger partial charge on any atom is -0.465 e. The predicted octanol–water partition coefficient (Wildman–Crippen LogP) is 6.61. The van der Waals surface area contributed by atoms with E-state index in [-0.39, 0.29) is 16.7 Å². The van der Waals surface area contributed by atoms with Gasteiger partial charge in [-0.2, -0.15) is 0 Å². The summed E-state index contributed by atoms with van der Waals surface area (Å²) in [5, 5.41) is 14.3. The van der Waals surface area contributed by atoms with Gasteiger partial charge < -0.3 is 9.94 Å². The van der Waals surface area contributed by atoms with E-state index in [1.807, 2.05) is 33.8 Å². The lowest BCUT2D eigenvalue weighted by atomic mass is 9.46. The van der Waals surface area contributed by atoms with Gasteiger partial charge in [-0.1, -0.05) is 45.3 Å². The number of nitrogens with zero attached hydrogens (tertiary/aromatic N) is 2. The van der Waals surface area contributed by atoms with Gasteiger partial charge in [-0.3, -0.25) is 9.69 Å². The molecule has 0 spiro atoms. The summed E-state index contributed by atoms with van der Waals surface area (Å²) in [6.07, 6.45) is 10.3. The summed E-state index contributed by atoms with van der Waals surface area (Å²) < 4.78 is 0. The quantitative estimate of drug-likeness (QED) is 0.253. The van der Waals surface area contributed by atoms with Crippen LogP contribution in [0.15, 0.2) is 16.8 Å². The number of hydrogen-bond acceptors (Lipinski definition) is 5. The molecule has 0 bridgehead atoms. The molecule has 4 fully saturated rings. The second-order valence-corrected chi connectivity index (χ2v) is 14.4. The van der Waals surface area contributed by atoms with Crippen LogP contribution >= 0.6 is 0 Å². The molecule has 3 saturated carbocycles. The molecule has 38 heavy (non-hydrogen) atoms. The van der Waals surface area contributed by atoms with Gasteiger partial charge in [-0.05, 0) is 105 Å². The van der Waals surface area contributed by atoms with Gasteiger partial charge in [0.2, 0.25) is 0 Å². The second-order valence-electron chi connectivity index (χ2n) is 14.4. The molecule has 0 radical (unpaired) electrons. The number of hydrogen-bond donors (Lipinski definition) is 1. The lowest BCUT2D eigenvalue weighted by Crippen LogP contribution is -2.61. The first kappa shape index (κ1) is 27.4. The van der Waals surface area contributed by atoms with Gasteiger partial charge >= 0.3 is 12.1 Å². The van der Waals surface area contributed by atoms with Crippen LogP contribution in [0, 0.1) is 39.9 Å². The van der Waals surface area contributed by atoms with Crippen LogP contribution in [0.4, 0.5) is 4.79 Å². The SMILES string of the molecule is C/C(=N\OC(=O)C1(C(C)(C)C)CCCN1C(=O)O)[C@H]1CC[C@H]2[C@@H]3CCC4=CC(=O)CC[C@]4(C)[C@H]3CC[C@]12C. The van der Waals surface area contributed by atoms with Crippen molar-refractivity contribution in [1.29, 1.82) is 0 Å². The van der Waals surface area contributed by atoms with E-state index >= 15 is 0 Å². The average molecular weight is 527 g/mol. The van der Waals surface area contributed by atoms with E-state index in [9.17, 15) is 19.5 Å². The maximum atomic E-state index is 13.5. The Balaban J connectivity index is 1.34. The number of rotatable bonds is 3. The standard InChI is InChI=1S/C31H46N2O5/c1-19(32-38-26(35)31(28(2,3)4)14-7-17-33(31)27(36)37)23-10-11-24-22-9-8-20-18-21(34)12-15-29(20,5)25(22)13-16-30(23,24)6/h18,22-25H,7-17H2,1-6H3,(H,36,37)/b32-19+/t22-,23+,24-,25-,29-,30+,31?/m0/s1. The Morgan fingerprint density at radius 3 is 2.47 bits per heavy atom. The molecule has 0 aromatic rings. The fourth-order valence-corrected chi connectivity index (χ4v) is 9.87. The zero-order chi connectivity index (χ0) is 27.7. The molecule has 7 heteroatoms. The molecule has 5 rings (SSSR count). The fraction of sp³-hybridized carbons (Fsp3) is 0.806. The van der Waals surface area contributed by atoms with Crippen molar-refractivity contribution in [3.05, 3.63) is 11.6 Å².